The van der Waals surface area contributed by atoms with Crippen LogP contribution in [0, 0.1) is 0 Å². The second-order valence-electron chi connectivity index (χ2n) is 7.36. The normalized spacial score (nSPS) is 19.6. The minimum absolute atomic E-state index is 0.309. The Kier molecular flexibility index (Phi) is 3.09. The minimum atomic E-state index is -0.310. The van der Waals surface area contributed by atoms with E-state index in [4.69, 9.17) is 9.31 Å². The Morgan fingerprint density at radius 1 is 0.696 bits per heavy atom. The Morgan fingerprint density at radius 3 is 2.04 bits per heavy atom. The van der Waals surface area contributed by atoms with Crippen molar-refractivity contribution in [3.05, 3.63) is 54.6 Å². The molecule has 116 valence electrons. The second-order valence-corrected chi connectivity index (χ2v) is 7.36. The van der Waals surface area contributed by atoms with Crippen molar-refractivity contribution >= 4 is 34.1 Å². The molecule has 0 atom stereocenters. The van der Waals surface area contributed by atoms with E-state index in [-0.39, 0.29) is 18.3 Å². The molecular formula is C20H21BO2. The molecule has 1 fully saturated rings. The van der Waals surface area contributed by atoms with Gasteiger partial charge in [0, 0.05) is 0 Å². The lowest BCUT2D eigenvalue weighted by Crippen LogP contribution is -2.41. The third-order valence-electron chi connectivity index (χ3n) is 5.29. The van der Waals surface area contributed by atoms with Gasteiger partial charge in [0.25, 0.3) is 0 Å². The number of benzene rings is 3. The maximum atomic E-state index is 6.16. The first-order valence-electron chi connectivity index (χ1n) is 8.14. The molecule has 1 saturated heterocycles. The van der Waals surface area contributed by atoms with Crippen LogP contribution in [-0.2, 0) is 9.31 Å². The summed E-state index contributed by atoms with van der Waals surface area (Å²) in [6.07, 6.45) is 0. The van der Waals surface area contributed by atoms with Crippen LogP contribution in [-0.4, -0.2) is 18.3 Å². The zero-order chi connectivity index (χ0) is 16.2. The van der Waals surface area contributed by atoms with E-state index in [9.17, 15) is 0 Å². The second kappa shape index (κ2) is 4.83. The van der Waals surface area contributed by atoms with E-state index in [0.717, 1.165) is 5.46 Å². The number of hydrogen-bond acceptors (Lipinski definition) is 2. The highest BCUT2D eigenvalue weighted by Gasteiger charge is 2.51. The molecule has 3 aromatic carbocycles. The maximum absolute atomic E-state index is 6.16. The topological polar surface area (TPSA) is 18.5 Å². The molecule has 1 aliphatic heterocycles. The predicted molar refractivity (Wildman–Crippen MR) is 97.2 cm³/mol. The molecule has 2 nitrogen and oxygen atoms in total. The van der Waals surface area contributed by atoms with E-state index in [2.05, 4.69) is 82.3 Å². The van der Waals surface area contributed by atoms with Gasteiger partial charge in [-0.05, 0) is 54.7 Å². The van der Waals surface area contributed by atoms with E-state index in [1.807, 2.05) is 0 Å². The van der Waals surface area contributed by atoms with Gasteiger partial charge in [0.2, 0.25) is 0 Å². The quantitative estimate of drug-likeness (QED) is 0.493. The summed E-state index contributed by atoms with van der Waals surface area (Å²) in [5.74, 6) is 0. The minimum Gasteiger partial charge on any atom is -0.399 e. The summed E-state index contributed by atoms with van der Waals surface area (Å²) >= 11 is 0. The zero-order valence-electron chi connectivity index (χ0n) is 14.1. The first kappa shape index (κ1) is 14.7. The maximum Gasteiger partial charge on any atom is 0.494 e. The summed E-state index contributed by atoms with van der Waals surface area (Å²) in [6.45, 7) is 8.34. The van der Waals surface area contributed by atoms with Gasteiger partial charge in [0.05, 0.1) is 11.2 Å². The van der Waals surface area contributed by atoms with Crippen LogP contribution in [0.5, 0.6) is 0 Å². The van der Waals surface area contributed by atoms with E-state index >= 15 is 0 Å². The highest BCUT2D eigenvalue weighted by Crippen LogP contribution is 2.36. The van der Waals surface area contributed by atoms with E-state index in [0.29, 0.717) is 0 Å². The largest absolute Gasteiger partial charge is 0.494 e. The lowest BCUT2D eigenvalue weighted by Gasteiger charge is -2.32. The number of rotatable bonds is 1. The van der Waals surface area contributed by atoms with Crippen LogP contribution in [0.4, 0.5) is 0 Å². The van der Waals surface area contributed by atoms with Gasteiger partial charge in [0.15, 0.2) is 0 Å². The molecular weight excluding hydrogens is 283 g/mol. The van der Waals surface area contributed by atoms with Crippen LogP contribution in [0.3, 0.4) is 0 Å². The third-order valence-corrected chi connectivity index (χ3v) is 5.29. The van der Waals surface area contributed by atoms with Crippen LogP contribution in [0.15, 0.2) is 54.6 Å². The van der Waals surface area contributed by atoms with Gasteiger partial charge < -0.3 is 9.31 Å². The number of hydrogen-bond donors (Lipinski definition) is 0. The van der Waals surface area contributed by atoms with Gasteiger partial charge in [-0.3, -0.25) is 0 Å². The molecule has 4 rings (SSSR count). The van der Waals surface area contributed by atoms with Crippen molar-refractivity contribution in [1.82, 2.24) is 0 Å². The molecule has 0 bridgehead atoms. The highest BCUT2D eigenvalue weighted by molar-refractivity contribution is 6.62. The molecule has 0 aliphatic carbocycles. The molecule has 0 radical (unpaired) electrons. The molecule has 1 aliphatic rings. The molecule has 23 heavy (non-hydrogen) atoms. The Balaban J connectivity index is 1.80. The van der Waals surface area contributed by atoms with Crippen LogP contribution >= 0.6 is 0 Å². The molecule has 0 spiro atoms. The lowest BCUT2D eigenvalue weighted by molar-refractivity contribution is 0.00578. The summed E-state index contributed by atoms with van der Waals surface area (Å²) in [5, 5.41) is 5.04. The monoisotopic (exact) mass is 304 g/mol. The van der Waals surface area contributed by atoms with Gasteiger partial charge >= 0.3 is 7.12 Å². The molecule has 1 heterocycles. The molecule has 0 amide bonds. The van der Waals surface area contributed by atoms with Crippen molar-refractivity contribution in [2.75, 3.05) is 0 Å². The first-order valence-corrected chi connectivity index (χ1v) is 8.14. The average molecular weight is 304 g/mol. The van der Waals surface area contributed by atoms with Crippen molar-refractivity contribution in [3.63, 3.8) is 0 Å². The van der Waals surface area contributed by atoms with Gasteiger partial charge in [-0.2, -0.15) is 0 Å². The predicted octanol–water partition coefficient (Wildman–Crippen LogP) is 4.29. The SMILES string of the molecule is CC1(C)OB(c2ccc3c(ccc4ccccc43)c2)OC1(C)C. The number of fused-ring (bicyclic) bond motifs is 3. The van der Waals surface area contributed by atoms with Crippen molar-refractivity contribution in [2.45, 2.75) is 38.9 Å². The van der Waals surface area contributed by atoms with Crippen LogP contribution < -0.4 is 5.46 Å². The molecule has 0 N–H and O–H groups in total. The first-order chi connectivity index (χ1) is 10.9. The van der Waals surface area contributed by atoms with E-state index < -0.39 is 0 Å². The third kappa shape index (κ3) is 2.27. The van der Waals surface area contributed by atoms with Crippen LogP contribution in [0.25, 0.3) is 21.5 Å². The Labute approximate surface area is 137 Å². The molecule has 0 aromatic heterocycles. The Hall–Kier alpha value is -1.84. The average Bonchev–Trinajstić information content (AvgIpc) is 2.75. The zero-order valence-corrected chi connectivity index (χ0v) is 14.1. The Bertz CT molecular complexity index is 882. The van der Waals surface area contributed by atoms with Gasteiger partial charge in [0.1, 0.15) is 0 Å². The van der Waals surface area contributed by atoms with Gasteiger partial charge in [-0.15, -0.1) is 0 Å². The summed E-state index contributed by atoms with van der Waals surface area (Å²) in [4.78, 5) is 0. The van der Waals surface area contributed by atoms with Crippen molar-refractivity contribution in [2.24, 2.45) is 0 Å². The van der Waals surface area contributed by atoms with Gasteiger partial charge in [-0.1, -0.05) is 54.6 Å². The Morgan fingerprint density at radius 2 is 1.30 bits per heavy atom. The van der Waals surface area contributed by atoms with E-state index in [1.165, 1.54) is 21.5 Å². The fourth-order valence-corrected chi connectivity index (χ4v) is 3.16. The van der Waals surface area contributed by atoms with Crippen LogP contribution in [0.1, 0.15) is 27.7 Å². The highest BCUT2D eigenvalue weighted by atomic mass is 16.7. The van der Waals surface area contributed by atoms with Crippen LogP contribution in [0.2, 0.25) is 0 Å². The smallest absolute Gasteiger partial charge is 0.399 e. The van der Waals surface area contributed by atoms with Crippen molar-refractivity contribution < 1.29 is 9.31 Å². The summed E-state index contributed by atoms with van der Waals surface area (Å²) < 4.78 is 12.3. The standard InChI is InChI=1S/C20H21BO2/c1-19(2)20(3,4)23-21(22-19)16-11-12-18-15(13-16)10-9-14-7-5-6-8-17(14)18/h5-13H,1-4H3. The van der Waals surface area contributed by atoms with E-state index in [1.54, 1.807) is 0 Å². The molecule has 0 saturated carbocycles. The lowest BCUT2D eigenvalue weighted by atomic mass is 9.78. The molecule has 3 heteroatoms. The summed E-state index contributed by atoms with van der Waals surface area (Å²) in [6, 6.07) is 19.3. The fraction of sp³-hybridized carbons (Fsp3) is 0.300. The summed E-state index contributed by atoms with van der Waals surface area (Å²) in [7, 11) is -0.309. The molecule has 0 unspecified atom stereocenters. The fourth-order valence-electron chi connectivity index (χ4n) is 3.16. The summed E-state index contributed by atoms with van der Waals surface area (Å²) in [5.41, 5.74) is 0.456. The van der Waals surface area contributed by atoms with Gasteiger partial charge in [-0.25, -0.2) is 0 Å². The van der Waals surface area contributed by atoms with Crippen molar-refractivity contribution in [3.8, 4) is 0 Å². The molecule has 3 aromatic rings. The van der Waals surface area contributed by atoms with Crippen molar-refractivity contribution in [1.29, 1.82) is 0 Å².